The van der Waals surface area contributed by atoms with E-state index in [4.69, 9.17) is 5.26 Å². The summed E-state index contributed by atoms with van der Waals surface area (Å²) in [6, 6.07) is 4.45. The van der Waals surface area contributed by atoms with Gasteiger partial charge >= 0.3 is 0 Å². The Morgan fingerprint density at radius 3 is 2.40 bits per heavy atom. The van der Waals surface area contributed by atoms with Crippen LogP contribution in [0, 0.1) is 29.9 Å². The number of hydrogen-bond donors (Lipinski definition) is 0. The van der Waals surface area contributed by atoms with Crippen molar-refractivity contribution in [3.63, 3.8) is 0 Å². The van der Waals surface area contributed by atoms with Crippen LogP contribution in [0.5, 0.6) is 0 Å². The average Bonchev–Trinajstić information content (AvgIpc) is 2.12. The number of benzene rings is 1. The zero-order chi connectivity index (χ0) is 11.1. The zero-order valence-electron chi connectivity index (χ0n) is 8.48. The van der Waals surface area contributed by atoms with Crippen molar-refractivity contribution in [1.29, 1.82) is 5.26 Å². The lowest BCUT2D eigenvalue weighted by Gasteiger charge is -2.35. The number of halogens is 2. The molecule has 1 nitrogen and oxygen atoms in total. The molecule has 1 aromatic carbocycles. The van der Waals surface area contributed by atoms with Gasteiger partial charge in [-0.05, 0) is 43.9 Å². The fraction of sp³-hybridized carbons (Fsp3) is 0.417. The number of rotatable bonds is 1. The van der Waals surface area contributed by atoms with E-state index in [0.717, 1.165) is 6.42 Å². The highest BCUT2D eigenvalue weighted by molar-refractivity contribution is 5.38. The van der Waals surface area contributed by atoms with Crippen LogP contribution in [0.25, 0.3) is 0 Å². The van der Waals surface area contributed by atoms with E-state index in [1.807, 2.05) is 0 Å². The van der Waals surface area contributed by atoms with Gasteiger partial charge < -0.3 is 0 Å². The third-order valence-electron chi connectivity index (χ3n) is 3.19. The summed E-state index contributed by atoms with van der Waals surface area (Å²) in [4.78, 5) is 0. The van der Waals surface area contributed by atoms with Crippen LogP contribution < -0.4 is 0 Å². The summed E-state index contributed by atoms with van der Waals surface area (Å²) < 4.78 is 26.9. The lowest BCUT2D eigenvalue weighted by molar-refractivity contribution is 0.311. The second kappa shape index (κ2) is 3.30. The first-order valence-corrected chi connectivity index (χ1v) is 4.96. The monoisotopic (exact) mass is 207 g/mol. The summed E-state index contributed by atoms with van der Waals surface area (Å²) in [7, 11) is 0. The maximum Gasteiger partial charge on any atom is 0.128 e. The first kappa shape index (κ1) is 10.1. The molecule has 78 valence electrons. The summed E-state index contributed by atoms with van der Waals surface area (Å²) in [5, 5.41) is 9.04. The Labute approximate surface area is 87.3 Å². The molecule has 0 radical (unpaired) electrons. The average molecular weight is 207 g/mol. The van der Waals surface area contributed by atoms with E-state index in [-0.39, 0.29) is 11.1 Å². The quantitative estimate of drug-likeness (QED) is 0.693. The topological polar surface area (TPSA) is 23.8 Å². The Hall–Kier alpha value is -1.43. The normalized spacial score (nSPS) is 18.0. The Balaban J connectivity index is 2.54. The molecule has 0 unspecified atom stereocenters. The van der Waals surface area contributed by atoms with Gasteiger partial charge in [0.15, 0.2) is 0 Å². The maximum atomic E-state index is 13.6. The summed E-state index contributed by atoms with van der Waals surface area (Å²) in [6.45, 7) is 1.52. The van der Waals surface area contributed by atoms with Crippen molar-refractivity contribution >= 4 is 0 Å². The Morgan fingerprint density at radius 1 is 1.27 bits per heavy atom. The van der Waals surface area contributed by atoms with Crippen LogP contribution in [0.2, 0.25) is 0 Å². The zero-order valence-corrected chi connectivity index (χ0v) is 8.48. The molecule has 0 aromatic heterocycles. The lowest BCUT2D eigenvalue weighted by Crippen LogP contribution is -2.33. The fourth-order valence-electron chi connectivity index (χ4n) is 1.98. The van der Waals surface area contributed by atoms with E-state index in [2.05, 4.69) is 6.07 Å². The first-order valence-electron chi connectivity index (χ1n) is 4.96. The summed E-state index contributed by atoms with van der Waals surface area (Å²) >= 11 is 0. The van der Waals surface area contributed by atoms with Crippen LogP contribution in [0.4, 0.5) is 8.78 Å². The van der Waals surface area contributed by atoms with Crippen LogP contribution in [-0.2, 0) is 5.41 Å². The maximum absolute atomic E-state index is 13.6. The summed E-state index contributed by atoms with van der Waals surface area (Å²) in [6.07, 6.45) is 2.16. The number of nitrogens with zero attached hydrogens (tertiary/aromatic N) is 1. The molecule has 1 aromatic rings. The minimum atomic E-state index is -0.779. The SMILES string of the molecule is Cc1cc(F)c(C2(C#N)CCC2)cc1F. The predicted molar refractivity (Wildman–Crippen MR) is 52.2 cm³/mol. The van der Waals surface area contributed by atoms with E-state index >= 15 is 0 Å². The molecule has 0 spiro atoms. The largest absolute Gasteiger partial charge is 0.207 e. The number of aryl methyl sites for hydroxylation is 1. The van der Waals surface area contributed by atoms with Crippen molar-refractivity contribution in [3.05, 3.63) is 34.9 Å². The molecule has 0 bridgehead atoms. The molecule has 0 aliphatic heterocycles. The Kier molecular flexibility index (Phi) is 2.22. The molecule has 1 aliphatic carbocycles. The first-order chi connectivity index (χ1) is 7.09. The van der Waals surface area contributed by atoms with E-state index in [9.17, 15) is 8.78 Å². The van der Waals surface area contributed by atoms with Gasteiger partial charge in [-0.3, -0.25) is 0 Å². The van der Waals surface area contributed by atoms with Gasteiger partial charge in [-0.25, -0.2) is 8.78 Å². The second-order valence-electron chi connectivity index (χ2n) is 4.13. The smallest absolute Gasteiger partial charge is 0.128 e. The van der Waals surface area contributed by atoms with E-state index in [1.54, 1.807) is 0 Å². The van der Waals surface area contributed by atoms with Crippen molar-refractivity contribution < 1.29 is 8.78 Å². The molecule has 0 saturated heterocycles. The molecule has 2 rings (SSSR count). The van der Waals surface area contributed by atoms with Gasteiger partial charge in [0.25, 0.3) is 0 Å². The molecular weight excluding hydrogens is 196 g/mol. The highest BCUT2D eigenvalue weighted by Gasteiger charge is 2.41. The number of hydrogen-bond acceptors (Lipinski definition) is 1. The molecule has 0 N–H and O–H groups in total. The standard InChI is InChI=1S/C12H11F2N/c1-8-5-11(14)9(6-10(8)13)12(7-15)3-2-4-12/h5-6H,2-4H2,1H3. The van der Waals surface area contributed by atoms with Crippen LogP contribution in [0.3, 0.4) is 0 Å². The van der Waals surface area contributed by atoms with Gasteiger partial charge in [-0.15, -0.1) is 0 Å². The van der Waals surface area contributed by atoms with Gasteiger partial charge in [0.05, 0.1) is 11.5 Å². The molecule has 15 heavy (non-hydrogen) atoms. The van der Waals surface area contributed by atoms with Crippen LogP contribution >= 0.6 is 0 Å². The van der Waals surface area contributed by atoms with Crippen LogP contribution in [0.15, 0.2) is 12.1 Å². The fourth-order valence-corrected chi connectivity index (χ4v) is 1.98. The van der Waals surface area contributed by atoms with Crippen molar-refractivity contribution in [2.24, 2.45) is 0 Å². The van der Waals surface area contributed by atoms with Gasteiger partial charge in [0.1, 0.15) is 11.6 Å². The Morgan fingerprint density at radius 2 is 1.93 bits per heavy atom. The van der Waals surface area contributed by atoms with Gasteiger partial charge in [0.2, 0.25) is 0 Å². The van der Waals surface area contributed by atoms with E-state index < -0.39 is 17.0 Å². The van der Waals surface area contributed by atoms with Gasteiger partial charge in [0, 0.05) is 5.56 Å². The lowest BCUT2D eigenvalue weighted by atomic mass is 9.65. The third-order valence-corrected chi connectivity index (χ3v) is 3.19. The molecule has 0 atom stereocenters. The minimum absolute atomic E-state index is 0.222. The van der Waals surface area contributed by atoms with Crippen molar-refractivity contribution in [2.75, 3.05) is 0 Å². The molecule has 1 aliphatic rings. The van der Waals surface area contributed by atoms with Crippen molar-refractivity contribution in [1.82, 2.24) is 0 Å². The molecule has 1 fully saturated rings. The molecule has 0 amide bonds. The predicted octanol–water partition coefficient (Wildman–Crippen LogP) is 3.22. The van der Waals surface area contributed by atoms with Crippen molar-refractivity contribution in [2.45, 2.75) is 31.6 Å². The second-order valence-corrected chi connectivity index (χ2v) is 4.13. The van der Waals surface area contributed by atoms with Crippen LogP contribution in [-0.4, -0.2) is 0 Å². The highest BCUT2D eigenvalue weighted by atomic mass is 19.1. The minimum Gasteiger partial charge on any atom is -0.207 e. The van der Waals surface area contributed by atoms with Gasteiger partial charge in [-0.2, -0.15) is 5.26 Å². The van der Waals surface area contributed by atoms with E-state index in [1.165, 1.54) is 19.1 Å². The Bertz CT molecular complexity index is 442. The molecular formula is C12H11F2N. The molecule has 1 saturated carbocycles. The summed E-state index contributed by atoms with van der Waals surface area (Å²) in [5.41, 5.74) is -0.276. The molecule has 0 heterocycles. The van der Waals surface area contributed by atoms with E-state index in [0.29, 0.717) is 12.8 Å². The highest BCUT2D eigenvalue weighted by Crippen LogP contribution is 2.44. The van der Waals surface area contributed by atoms with Crippen molar-refractivity contribution in [3.8, 4) is 6.07 Å². The van der Waals surface area contributed by atoms with Gasteiger partial charge in [-0.1, -0.05) is 0 Å². The number of nitriles is 1. The third kappa shape index (κ3) is 1.41. The molecule has 3 heteroatoms. The van der Waals surface area contributed by atoms with Crippen LogP contribution in [0.1, 0.15) is 30.4 Å². The summed E-state index contributed by atoms with van der Waals surface area (Å²) in [5.74, 6) is -0.900.